The summed E-state index contributed by atoms with van der Waals surface area (Å²) in [4.78, 5) is 18.3. The van der Waals surface area contributed by atoms with Crippen LogP contribution in [0, 0.1) is 0 Å². The molecule has 24 heavy (non-hydrogen) atoms. The third-order valence-corrected chi connectivity index (χ3v) is 5.31. The van der Waals surface area contributed by atoms with Gasteiger partial charge >= 0.3 is 0 Å². The molecule has 1 fully saturated rings. The maximum Gasteiger partial charge on any atom is 0.255 e. The van der Waals surface area contributed by atoms with Gasteiger partial charge in [0.1, 0.15) is 12.7 Å². The lowest BCUT2D eigenvalue weighted by Gasteiger charge is -2.33. The average molecular weight is 371 g/mol. The van der Waals surface area contributed by atoms with Gasteiger partial charge in [-0.25, -0.2) is 13.4 Å². The second kappa shape index (κ2) is 6.46. The molecular weight excluding hydrogens is 356 g/mol. The summed E-state index contributed by atoms with van der Waals surface area (Å²) in [5.41, 5.74) is 0.352. The summed E-state index contributed by atoms with van der Waals surface area (Å²) in [7, 11) is -3.23. The Bertz CT molecular complexity index is 847. The van der Waals surface area contributed by atoms with Crippen molar-refractivity contribution in [2.24, 2.45) is 0 Å². The van der Waals surface area contributed by atoms with E-state index in [0.29, 0.717) is 29.5 Å². The van der Waals surface area contributed by atoms with Crippen LogP contribution in [0.3, 0.4) is 0 Å². The van der Waals surface area contributed by atoms with Gasteiger partial charge in [0.05, 0.1) is 16.8 Å². The fraction of sp³-hybridized carbons (Fsp3) is 0.385. The van der Waals surface area contributed by atoms with Gasteiger partial charge in [-0.15, -0.1) is 10.2 Å². The van der Waals surface area contributed by atoms with E-state index in [-0.39, 0.29) is 19.0 Å². The highest BCUT2D eigenvalue weighted by Gasteiger charge is 2.27. The number of nitrogens with zero attached hydrogens (tertiary/aromatic N) is 6. The molecule has 1 saturated heterocycles. The van der Waals surface area contributed by atoms with Crippen molar-refractivity contribution in [1.82, 2.24) is 29.0 Å². The highest BCUT2D eigenvalue weighted by Crippen LogP contribution is 2.20. The lowest BCUT2D eigenvalue weighted by atomic mass is 10.2. The summed E-state index contributed by atoms with van der Waals surface area (Å²) in [5.74, 6) is 0.202. The standard InChI is InChI=1S/C13H15ClN6O3S/c1-24(22,23)20-4-2-18(3-5-20)13(21)10-6-11(14)12(15-7-10)19-8-16-17-9-19/h6-9H,2-5H2,1H3. The van der Waals surface area contributed by atoms with Crippen LogP contribution >= 0.6 is 11.6 Å². The predicted molar refractivity (Wildman–Crippen MR) is 86.5 cm³/mol. The van der Waals surface area contributed by atoms with Gasteiger partial charge in [0.2, 0.25) is 10.0 Å². The second-order valence-electron chi connectivity index (χ2n) is 5.35. The smallest absolute Gasteiger partial charge is 0.255 e. The number of halogens is 1. The minimum absolute atomic E-state index is 0.229. The Morgan fingerprint density at radius 2 is 1.79 bits per heavy atom. The molecule has 0 atom stereocenters. The third-order valence-electron chi connectivity index (χ3n) is 3.73. The van der Waals surface area contributed by atoms with Gasteiger partial charge in [0, 0.05) is 32.4 Å². The van der Waals surface area contributed by atoms with Crippen LogP contribution in [-0.4, -0.2) is 75.7 Å². The van der Waals surface area contributed by atoms with Gasteiger partial charge in [-0.2, -0.15) is 4.31 Å². The molecule has 2 aromatic rings. The van der Waals surface area contributed by atoms with Crippen LogP contribution in [0.2, 0.25) is 5.02 Å². The van der Waals surface area contributed by atoms with Crippen LogP contribution in [-0.2, 0) is 10.0 Å². The van der Waals surface area contributed by atoms with Crippen molar-refractivity contribution in [3.63, 3.8) is 0 Å². The van der Waals surface area contributed by atoms with Crippen LogP contribution in [0.4, 0.5) is 0 Å². The van der Waals surface area contributed by atoms with Crippen molar-refractivity contribution in [3.05, 3.63) is 35.5 Å². The molecule has 0 bridgehead atoms. The van der Waals surface area contributed by atoms with E-state index < -0.39 is 10.0 Å². The number of carbonyl (C=O) groups is 1. The zero-order valence-electron chi connectivity index (χ0n) is 12.8. The number of aromatic nitrogens is 4. The predicted octanol–water partition coefficient (Wildman–Crippen LogP) is 0.0331. The number of carbonyl (C=O) groups excluding carboxylic acids is 1. The van der Waals surface area contributed by atoms with E-state index in [4.69, 9.17) is 11.6 Å². The van der Waals surface area contributed by atoms with Crippen LogP contribution in [0.1, 0.15) is 10.4 Å². The van der Waals surface area contributed by atoms with E-state index in [0.717, 1.165) is 6.26 Å². The van der Waals surface area contributed by atoms with Gasteiger partial charge < -0.3 is 4.90 Å². The van der Waals surface area contributed by atoms with Gasteiger partial charge in [0.15, 0.2) is 5.82 Å². The molecule has 2 aromatic heterocycles. The molecule has 1 amide bonds. The summed E-state index contributed by atoms with van der Waals surface area (Å²) in [6.45, 7) is 1.22. The fourth-order valence-corrected chi connectivity index (χ4v) is 3.54. The van der Waals surface area contributed by atoms with Crippen molar-refractivity contribution in [3.8, 4) is 5.82 Å². The molecule has 0 unspecified atom stereocenters. The van der Waals surface area contributed by atoms with Crippen LogP contribution < -0.4 is 0 Å². The van der Waals surface area contributed by atoms with E-state index in [2.05, 4.69) is 15.2 Å². The maximum atomic E-state index is 12.5. The number of hydrogen-bond acceptors (Lipinski definition) is 6. The Morgan fingerprint density at radius 1 is 1.17 bits per heavy atom. The molecule has 0 aromatic carbocycles. The average Bonchev–Trinajstić information content (AvgIpc) is 3.07. The monoisotopic (exact) mass is 370 g/mol. The van der Waals surface area contributed by atoms with Crippen LogP contribution in [0.5, 0.6) is 0 Å². The number of piperazine rings is 1. The summed E-state index contributed by atoms with van der Waals surface area (Å²) in [6, 6.07) is 1.54. The normalized spacial score (nSPS) is 16.3. The summed E-state index contributed by atoms with van der Waals surface area (Å²) in [5, 5.41) is 7.67. The van der Waals surface area contributed by atoms with E-state index in [1.165, 1.54) is 29.2 Å². The molecular formula is C13H15ClN6O3S. The van der Waals surface area contributed by atoms with Gasteiger partial charge in [-0.1, -0.05) is 11.6 Å². The molecule has 0 aliphatic carbocycles. The molecule has 3 rings (SSSR count). The summed E-state index contributed by atoms with van der Waals surface area (Å²) in [6.07, 6.45) is 5.52. The first-order chi connectivity index (χ1) is 11.4. The van der Waals surface area contributed by atoms with E-state index in [1.54, 1.807) is 9.47 Å². The van der Waals surface area contributed by atoms with Crippen LogP contribution in [0.25, 0.3) is 5.82 Å². The summed E-state index contributed by atoms with van der Waals surface area (Å²) < 4.78 is 25.9. The molecule has 3 heterocycles. The number of rotatable bonds is 3. The highest BCUT2D eigenvalue weighted by atomic mass is 35.5. The Hall–Kier alpha value is -2.04. The van der Waals surface area contributed by atoms with E-state index in [1.807, 2.05) is 0 Å². The van der Waals surface area contributed by atoms with E-state index >= 15 is 0 Å². The zero-order chi connectivity index (χ0) is 17.3. The van der Waals surface area contributed by atoms with Crippen molar-refractivity contribution in [2.45, 2.75) is 0 Å². The number of amides is 1. The Morgan fingerprint density at radius 3 is 2.33 bits per heavy atom. The van der Waals surface area contributed by atoms with E-state index in [9.17, 15) is 13.2 Å². The third kappa shape index (κ3) is 3.40. The van der Waals surface area contributed by atoms with Gasteiger partial charge in [0.25, 0.3) is 5.91 Å². The largest absolute Gasteiger partial charge is 0.336 e. The van der Waals surface area contributed by atoms with Gasteiger partial charge in [-0.3, -0.25) is 9.36 Å². The molecule has 9 nitrogen and oxygen atoms in total. The lowest BCUT2D eigenvalue weighted by Crippen LogP contribution is -2.50. The first kappa shape index (κ1) is 16.8. The topological polar surface area (TPSA) is 101 Å². The maximum absolute atomic E-state index is 12.5. The van der Waals surface area contributed by atoms with Gasteiger partial charge in [-0.05, 0) is 6.07 Å². The molecule has 0 N–H and O–H groups in total. The minimum atomic E-state index is -3.23. The fourth-order valence-electron chi connectivity index (χ4n) is 2.45. The molecule has 11 heteroatoms. The van der Waals surface area contributed by atoms with Crippen molar-refractivity contribution in [2.75, 3.05) is 32.4 Å². The Kier molecular flexibility index (Phi) is 4.52. The SMILES string of the molecule is CS(=O)(=O)N1CCN(C(=O)c2cnc(-n3cnnc3)c(Cl)c2)CC1. The highest BCUT2D eigenvalue weighted by molar-refractivity contribution is 7.88. The second-order valence-corrected chi connectivity index (χ2v) is 7.74. The molecule has 0 saturated carbocycles. The Labute approximate surface area is 143 Å². The van der Waals surface area contributed by atoms with Crippen molar-refractivity contribution in [1.29, 1.82) is 0 Å². The first-order valence-corrected chi connectivity index (χ1v) is 9.34. The lowest BCUT2D eigenvalue weighted by molar-refractivity contribution is 0.0698. The minimum Gasteiger partial charge on any atom is -0.336 e. The molecule has 0 radical (unpaired) electrons. The summed E-state index contributed by atoms with van der Waals surface area (Å²) >= 11 is 6.19. The zero-order valence-corrected chi connectivity index (χ0v) is 14.4. The van der Waals surface area contributed by atoms with Crippen molar-refractivity contribution >= 4 is 27.5 Å². The number of pyridine rings is 1. The molecule has 0 spiro atoms. The quantitative estimate of drug-likeness (QED) is 0.755. The van der Waals surface area contributed by atoms with Crippen LogP contribution in [0.15, 0.2) is 24.9 Å². The Balaban J connectivity index is 1.73. The van der Waals surface area contributed by atoms with Crippen molar-refractivity contribution < 1.29 is 13.2 Å². The molecule has 1 aliphatic heterocycles. The number of sulfonamides is 1. The molecule has 1 aliphatic rings. The number of hydrogen-bond donors (Lipinski definition) is 0. The first-order valence-electron chi connectivity index (χ1n) is 7.11. The molecule has 128 valence electrons.